The van der Waals surface area contributed by atoms with Crippen LogP contribution in [0.2, 0.25) is 0 Å². The minimum Gasteiger partial charge on any atom is -0.305 e. The van der Waals surface area contributed by atoms with E-state index in [1.807, 2.05) is 0 Å². The van der Waals surface area contributed by atoms with Gasteiger partial charge in [0.15, 0.2) is 0 Å². The van der Waals surface area contributed by atoms with Crippen molar-refractivity contribution in [1.82, 2.24) is 20.0 Å². The molecule has 2 aromatic carbocycles. The van der Waals surface area contributed by atoms with Crippen LogP contribution in [0.1, 0.15) is 22.7 Å². The largest absolute Gasteiger partial charge is 0.305 e. The monoisotopic (exact) mass is 352 g/mol. The number of aromatic amines is 1. The SMILES string of the molecule is Cc1ccc([C@@H]2CN(Cc3[nH]nc4ccc(F)cc34)C[C@H]2N(C)C)cc1. The first-order valence-electron chi connectivity index (χ1n) is 9.09. The number of aromatic nitrogens is 2. The average Bonchev–Trinajstić information content (AvgIpc) is 3.21. The molecule has 1 aromatic heterocycles. The molecule has 1 aliphatic rings. The maximum Gasteiger partial charge on any atom is 0.124 e. The average molecular weight is 352 g/mol. The molecule has 1 saturated heterocycles. The van der Waals surface area contributed by atoms with Crippen LogP contribution in [0.25, 0.3) is 10.9 Å². The minimum absolute atomic E-state index is 0.217. The Morgan fingerprint density at radius 2 is 1.92 bits per heavy atom. The highest BCUT2D eigenvalue weighted by molar-refractivity contribution is 5.81. The van der Waals surface area contributed by atoms with Crippen molar-refractivity contribution in [3.63, 3.8) is 0 Å². The smallest absolute Gasteiger partial charge is 0.124 e. The third-order valence-electron chi connectivity index (χ3n) is 5.51. The Morgan fingerprint density at radius 3 is 2.65 bits per heavy atom. The molecule has 26 heavy (non-hydrogen) atoms. The molecule has 4 nitrogen and oxygen atoms in total. The van der Waals surface area contributed by atoms with Gasteiger partial charge in [-0.2, -0.15) is 5.10 Å². The summed E-state index contributed by atoms with van der Waals surface area (Å²) in [6, 6.07) is 14.1. The third kappa shape index (κ3) is 3.24. The first-order chi connectivity index (χ1) is 12.5. The lowest BCUT2D eigenvalue weighted by Gasteiger charge is -2.25. The maximum absolute atomic E-state index is 13.6. The molecule has 1 N–H and O–H groups in total. The first-order valence-corrected chi connectivity index (χ1v) is 9.09. The Bertz CT molecular complexity index is 900. The van der Waals surface area contributed by atoms with Crippen LogP contribution in [0, 0.1) is 12.7 Å². The number of H-pyrrole nitrogens is 1. The van der Waals surface area contributed by atoms with E-state index in [0.29, 0.717) is 12.0 Å². The Labute approximate surface area is 153 Å². The van der Waals surface area contributed by atoms with Crippen molar-refractivity contribution in [2.24, 2.45) is 0 Å². The molecule has 0 saturated carbocycles. The molecule has 5 heteroatoms. The van der Waals surface area contributed by atoms with Crippen LogP contribution in [-0.4, -0.2) is 53.2 Å². The zero-order valence-electron chi connectivity index (χ0n) is 15.5. The number of nitrogens with one attached hydrogen (secondary N) is 1. The molecule has 1 aliphatic heterocycles. The van der Waals surface area contributed by atoms with Gasteiger partial charge in [-0.1, -0.05) is 29.8 Å². The Kier molecular flexibility index (Phi) is 4.51. The summed E-state index contributed by atoms with van der Waals surface area (Å²) in [6.45, 7) is 4.85. The number of likely N-dealkylation sites (tertiary alicyclic amines) is 1. The molecular weight excluding hydrogens is 327 g/mol. The summed E-state index contributed by atoms with van der Waals surface area (Å²) in [4.78, 5) is 4.75. The van der Waals surface area contributed by atoms with Crippen molar-refractivity contribution in [3.05, 3.63) is 65.1 Å². The summed E-state index contributed by atoms with van der Waals surface area (Å²) in [5.74, 6) is 0.252. The highest BCUT2D eigenvalue weighted by Gasteiger charge is 2.35. The number of fused-ring (bicyclic) bond motifs is 1. The normalized spacial score (nSPS) is 21.1. The molecule has 0 radical (unpaired) electrons. The Balaban J connectivity index is 1.57. The lowest BCUT2D eigenvalue weighted by Crippen LogP contribution is -2.34. The van der Waals surface area contributed by atoms with Gasteiger partial charge in [0.25, 0.3) is 0 Å². The zero-order valence-corrected chi connectivity index (χ0v) is 15.5. The number of halogens is 1. The topological polar surface area (TPSA) is 35.2 Å². The van der Waals surface area contributed by atoms with E-state index in [9.17, 15) is 4.39 Å². The van der Waals surface area contributed by atoms with Crippen molar-refractivity contribution in [2.45, 2.75) is 25.4 Å². The fourth-order valence-corrected chi connectivity index (χ4v) is 4.04. The molecule has 3 aromatic rings. The third-order valence-corrected chi connectivity index (χ3v) is 5.51. The van der Waals surface area contributed by atoms with E-state index < -0.39 is 0 Å². The van der Waals surface area contributed by atoms with Crippen LogP contribution in [-0.2, 0) is 6.54 Å². The Morgan fingerprint density at radius 1 is 1.15 bits per heavy atom. The zero-order chi connectivity index (χ0) is 18.3. The van der Waals surface area contributed by atoms with Crippen LogP contribution < -0.4 is 0 Å². The molecule has 0 aliphatic carbocycles. The molecule has 0 bridgehead atoms. The van der Waals surface area contributed by atoms with Crippen LogP contribution in [0.3, 0.4) is 0 Å². The number of rotatable bonds is 4. The van der Waals surface area contributed by atoms with Gasteiger partial charge in [-0.25, -0.2) is 4.39 Å². The van der Waals surface area contributed by atoms with E-state index in [1.54, 1.807) is 12.1 Å². The Hall–Kier alpha value is -2.24. The molecule has 0 unspecified atom stereocenters. The highest BCUT2D eigenvalue weighted by Crippen LogP contribution is 2.32. The van der Waals surface area contributed by atoms with Crippen molar-refractivity contribution in [3.8, 4) is 0 Å². The number of hydrogen-bond acceptors (Lipinski definition) is 3. The quantitative estimate of drug-likeness (QED) is 0.780. The number of benzene rings is 2. The molecule has 0 amide bonds. The fourth-order valence-electron chi connectivity index (χ4n) is 4.04. The van der Waals surface area contributed by atoms with Gasteiger partial charge in [0, 0.05) is 37.0 Å². The van der Waals surface area contributed by atoms with Crippen LogP contribution in [0.5, 0.6) is 0 Å². The lowest BCUT2D eigenvalue weighted by molar-refractivity contribution is 0.259. The predicted octanol–water partition coefficient (Wildman–Crippen LogP) is 3.54. The first kappa shape index (κ1) is 17.2. The summed E-state index contributed by atoms with van der Waals surface area (Å²) < 4.78 is 13.6. The number of aryl methyl sites for hydroxylation is 1. The molecule has 0 spiro atoms. The second kappa shape index (κ2) is 6.82. The lowest BCUT2D eigenvalue weighted by atomic mass is 9.93. The fraction of sp³-hybridized carbons (Fsp3) is 0.381. The van der Waals surface area contributed by atoms with E-state index in [-0.39, 0.29) is 5.82 Å². The number of hydrogen-bond donors (Lipinski definition) is 1. The molecular formula is C21H25FN4. The summed E-state index contributed by atoms with van der Waals surface area (Å²) in [5, 5.41) is 8.30. The van der Waals surface area contributed by atoms with Gasteiger partial charge in [-0.15, -0.1) is 0 Å². The van der Waals surface area contributed by atoms with E-state index >= 15 is 0 Å². The van der Waals surface area contributed by atoms with Gasteiger partial charge in [-0.05, 0) is 44.8 Å². The van der Waals surface area contributed by atoms with E-state index in [1.165, 1.54) is 17.2 Å². The summed E-state index contributed by atoms with van der Waals surface area (Å²) >= 11 is 0. The van der Waals surface area contributed by atoms with Gasteiger partial charge < -0.3 is 4.90 Å². The van der Waals surface area contributed by atoms with Crippen molar-refractivity contribution >= 4 is 10.9 Å². The predicted molar refractivity (Wildman–Crippen MR) is 103 cm³/mol. The van der Waals surface area contributed by atoms with E-state index in [4.69, 9.17) is 0 Å². The molecule has 136 valence electrons. The van der Waals surface area contributed by atoms with Crippen molar-refractivity contribution < 1.29 is 4.39 Å². The van der Waals surface area contributed by atoms with E-state index in [0.717, 1.165) is 36.2 Å². The minimum atomic E-state index is -0.217. The van der Waals surface area contributed by atoms with Crippen molar-refractivity contribution in [2.75, 3.05) is 27.2 Å². The van der Waals surface area contributed by atoms with Crippen LogP contribution in [0.4, 0.5) is 4.39 Å². The highest BCUT2D eigenvalue weighted by atomic mass is 19.1. The van der Waals surface area contributed by atoms with Gasteiger partial charge in [0.1, 0.15) is 5.82 Å². The maximum atomic E-state index is 13.6. The molecule has 4 rings (SSSR count). The summed E-state index contributed by atoms with van der Waals surface area (Å²) in [7, 11) is 4.30. The molecule has 1 fully saturated rings. The summed E-state index contributed by atoms with van der Waals surface area (Å²) in [5.41, 5.74) is 4.48. The standard InChI is InChI=1S/C21H25FN4/c1-14-4-6-15(7-5-14)18-11-26(13-21(18)25(2)3)12-20-17-10-16(22)8-9-19(17)23-24-20/h4-10,18,21H,11-13H2,1-3H3,(H,23,24)/t18-,21+/m0/s1. The molecule has 2 heterocycles. The van der Waals surface area contributed by atoms with Gasteiger partial charge in [-0.3, -0.25) is 10.00 Å². The van der Waals surface area contributed by atoms with Crippen LogP contribution >= 0.6 is 0 Å². The van der Waals surface area contributed by atoms with Gasteiger partial charge in [0.05, 0.1) is 11.2 Å². The summed E-state index contributed by atoms with van der Waals surface area (Å²) in [6.07, 6.45) is 0. The second-order valence-corrected chi connectivity index (χ2v) is 7.61. The van der Waals surface area contributed by atoms with Gasteiger partial charge >= 0.3 is 0 Å². The molecule has 2 atom stereocenters. The van der Waals surface area contributed by atoms with Crippen LogP contribution in [0.15, 0.2) is 42.5 Å². The van der Waals surface area contributed by atoms with Crippen molar-refractivity contribution in [1.29, 1.82) is 0 Å². The van der Waals surface area contributed by atoms with E-state index in [2.05, 4.69) is 65.3 Å². The number of nitrogens with zero attached hydrogens (tertiary/aromatic N) is 3. The second-order valence-electron chi connectivity index (χ2n) is 7.61. The van der Waals surface area contributed by atoms with Gasteiger partial charge in [0.2, 0.25) is 0 Å². The number of likely N-dealkylation sites (N-methyl/N-ethyl adjacent to an activating group) is 1.